The summed E-state index contributed by atoms with van der Waals surface area (Å²) in [7, 11) is 0. The third-order valence-electron chi connectivity index (χ3n) is 1.97. The van der Waals surface area contributed by atoms with Crippen LogP contribution in [0, 0.1) is 0 Å². The van der Waals surface area contributed by atoms with Gasteiger partial charge in [0.1, 0.15) is 6.33 Å². The quantitative estimate of drug-likeness (QED) is 0.647. The maximum Gasteiger partial charge on any atom is 0.116 e. The minimum absolute atomic E-state index is 0.988. The van der Waals surface area contributed by atoms with E-state index in [9.17, 15) is 0 Å². The van der Waals surface area contributed by atoms with Gasteiger partial charge >= 0.3 is 0 Å². The van der Waals surface area contributed by atoms with Gasteiger partial charge in [-0.2, -0.15) is 0 Å². The van der Waals surface area contributed by atoms with Gasteiger partial charge in [-0.25, -0.2) is 9.97 Å². The lowest BCUT2D eigenvalue weighted by Crippen LogP contribution is -1.90. The van der Waals surface area contributed by atoms with Crippen LogP contribution >= 0.6 is 0 Å². The summed E-state index contributed by atoms with van der Waals surface area (Å²) in [5, 5.41) is 0. The highest BCUT2D eigenvalue weighted by Gasteiger charge is 2.04. The third-order valence-corrected chi connectivity index (χ3v) is 1.97. The molecule has 0 fully saturated rings. The first-order chi connectivity index (χ1) is 7.88. The van der Waals surface area contributed by atoms with Crippen molar-refractivity contribution in [1.29, 1.82) is 0 Å². The summed E-state index contributed by atoms with van der Waals surface area (Å²) >= 11 is 0. The van der Waals surface area contributed by atoms with Crippen LogP contribution in [-0.4, -0.2) is 9.97 Å². The van der Waals surface area contributed by atoms with E-state index in [-0.39, 0.29) is 0 Å². The van der Waals surface area contributed by atoms with Crippen molar-refractivity contribution in [3.8, 4) is 0 Å². The summed E-state index contributed by atoms with van der Waals surface area (Å²) in [6, 6.07) is 0. The summed E-state index contributed by atoms with van der Waals surface area (Å²) < 4.78 is 0. The standard InChI is InChI=1S/C10H10N2.2C2H6/c1-8-4-2-3-5-9-6-11-7-12-10(8)9;2*1-2/h3-7H,2H2,1H3;2*1-2H3. The van der Waals surface area contributed by atoms with Crippen molar-refractivity contribution in [2.45, 2.75) is 41.0 Å². The van der Waals surface area contributed by atoms with Crippen LogP contribution in [0.3, 0.4) is 0 Å². The Labute approximate surface area is 99.1 Å². The highest BCUT2D eigenvalue weighted by atomic mass is 14.8. The van der Waals surface area contributed by atoms with E-state index in [0.717, 1.165) is 17.7 Å². The molecule has 0 spiro atoms. The van der Waals surface area contributed by atoms with Crippen LogP contribution in [0.1, 0.15) is 52.3 Å². The van der Waals surface area contributed by atoms with Crippen molar-refractivity contribution in [3.63, 3.8) is 0 Å². The molecule has 88 valence electrons. The molecule has 0 unspecified atom stereocenters. The van der Waals surface area contributed by atoms with Crippen molar-refractivity contribution in [1.82, 2.24) is 9.97 Å². The second-order valence-corrected chi connectivity index (χ2v) is 2.85. The Morgan fingerprint density at radius 3 is 2.50 bits per heavy atom. The van der Waals surface area contributed by atoms with E-state index >= 15 is 0 Å². The van der Waals surface area contributed by atoms with Gasteiger partial charge in [-0.3, -0.25) is 0 Å². The lowest BCUT2D eigenvalue weighted by Gasteiger charge is -2.01. The first-order valence-electron chi connectivity index (χ1n) is 6.01. The number of nitrogens with zero attached hydrogens (tertiary/aromatic N) is 2. The second-order valence-electron chi connectivity index (χ2n) is 2.85. The average Bonchev–Trinajstić information content (AvgIpc) is 2.57. The molecule has 0 radical (unpaired) electrons. The zero-order valence-electron chi connectivity index (χ0n) is 11.0. The van der Waals surface area contributed by atoms with Gasteiger partial charge < -0.3 is 0 Å². The van der Waals surface area contributed by atoms with Crippen LogP contribution in [0.5, 0.6) is 0 Å². The van der Waals surface area contributed by atoms with Crippen LogP contribution < -0.4 is 0 Å². The fourth-order valence-electron chi connectivity index (χ4n) is 1.33. The van der Waals surface area contributed by atoms with Gasteiger partial charge in [0.25, 0.3) is 0 Å². The molecule has 2 rings (SSSR count). The lowest BCUT2D eigenvalue weighted by atomic mass is 10.1. The van der Waals surface area contributed by atoms with E-state index < -0.39 is 0 Å². The summed E-state index contributed by atoms with van der Waals surface area (Å²) in [6.07, 6.45) is 10.8. The fourth-order valence-corrected chi connectivity index (χ4v) is 1.33. The molecule has 0 aliphatic heterocycles. The molecule has 2 heteroatoms. The first-order valence-corrected chi connectivity index (χ1v) is 6.01. The van der Waals surface area contributed by atoms with Crippen LogP contribution in [0.25, 0.3) is 11.6 Å². The molecule has 16 heavy (non-hydrogen) atoms. The molecular weight excluding hydrogens is 196 g/mol. The molecule has 0 aromatic carbocycles. The van der Waals surface area contributed by atoms with Gasteiger partial charge in [0, 0.05) is 11.8 Å². The van der Waals surface area contributed by atoms with E-state index in [1.165, 1.54) is 5.57 Å². The molecule has 0 saturated heterocycles. The fraction of sp³-hybridized carbons (Fsp3) is 0.429. The SMILES string of the molecule is CC.CC.CC1=CCC=Cc2cncnc21. The Kier molecular flexibility index (Phi) is 8.04. The maximum absolute atomic E-state index is 4.23. The Bertz CT molecular complexity index is 352. The van der Waals surface area contributed by atoms with Crippen LogP contribution in [0.4, 0.5) is 0 Å². The minimum atomic E-state index is 0.988. The number of hydrogen-bond donors (Lipinski definition) is 0. The number of hydrogen-bond acceptors (Lipinski definition) is 2. The lowest BCUT2D eigenvalue weighted by molar-refractivity contribution is 1.13. The Morgan fingerprint density at radius 1 is 1.12 bits per heavy atom. The zero-order valence-corrected chi connectivity index (χ0v) is 11.0. The van der Waals surface area contributed by atoms with Gasteiger partial charge in [0.05, 0.1) is 5.69 Å². The Hall–Kier alpha value is -1.44. The van der Waals surface area contributed by atoms with E-state index in [2.05, 4.69) is 35.1 Å². The monoisotopic (exact) mass is 218 g/mol. The number of aromatic nitrogens is 2. The molecule has 2 nitrogen and oxygen atoms in total. The summed E-state index contributed by atoms with van der Waals surface area (Å²) in [5.74, 6) is 0. The van der Waals surface area contributed by atoms with Gasteiger partial charge in [-0.05, 0) is 18.9 Å². The Morgan fingerprint density at radius 2 is 1.81 bits per heavy atom. The molecule has 0 amide bonds. The summed E-state index contributed by atoms with van der Waals surface area (Å²) in [6.45, 7) is 10.1. The molecule has 0 saturated carbocycles. The molecule has 0 bridgehead atoms. The normalized spacial score (nSPS) is 11.9. The van der Waals surface area contributed by atoms with Crippen LogP contribution in [0.15, 0.2) is 24.7 Å². The molecule has 0 N–H and O–H groups in total. The van der Waals surface area contributed by atoms with Crippen molar-refractivity contribution < 1.29 is 0 Å². The van der Waals surface area contributed by atoms with Crippen molar-refractivity contribution in [3.05, 3.63) is 35.9 Å². The highest BCUT2D eigenvalue weighted by molar-refractivity contribution is 5.71. The molecule has 1 aliphatic carbocycles. The predicted octanol–water partition coefficient (Wildman–Crippen LogP) is 4.35. The molecule has 1 aromatic heterocycles. The molecule has 1 aliphatic rings. The highest BCUT2D eigenvalue weighted by Crippen LogP contribution is 2.20. The van der Waals surface area contributed by atoms with E-state index in [1.807, 2.05) is 33.9 Å². The maximum atomic E-state index is 4.23. The predicted molar refractivity (Wildman–Crippen MR) is 72.0 cm³/mol. The molecular formula is C14H22N2. The Balaban J connectivity index is 0.000000509. The van der Waals surface area contributed by atoms with Crippen LogP contribution in [0.2, 0.25) is 0 Å². The summed E-state index contributed by atoms with van der Waals surface area (Å²) in [4.78, 5) is 8.21. The van der Waals surface area contributed by atoms with Gasteiger partial charge in [-0.15, -0.1) is 0 Å². The third kappa shape index (κ3) is 3.97. The van der Waals surface area contributed by atoms with E-state index in [1.54, 1.807) is 6.33 Å². The van der Waals surface area contributed by atoms with Gasteiger partial charge in [0.2, 0.25) is 0 Å². The molecule has 1 aromatic rings. The second kappa shape index (κ2) is 8.84. The van der Waals surface area contributed by atoms with Gasteiger partial charge in [-0.1, -0.05) is 45.9 Å². The number of fused-ring (bicyclic) bond motifs is 1. The number of allylic oxidation sites excluding steroid dienone is 3. The topological polar surface area (TPSA) is 25.8 Å². The van der Waals surface area contributed by atoms with Crippen LogP contribution in [-0.2, 0) is 0 Å². The van der Waals surface area contributed by atoms with Crippen molar-refractivity contribution >= 4 is 11.6 Å². The summed E-state index contributed by atoms with van der Waals surface area (Å²) in [5.41, 5.74) is 3.40. The van der Waals surface area contributed by atoms with Gasteiger partial charge in [0.15, 0.2) is 0 Å². The molecule has 0 atom stereocenters. The minimum Gasteiger partial charge on any atom is -0.244 e. The average molecular weight is 218 g/mol. The van der Waals surface area contributed by atoms with Crippen molar-refractivity contribution in [2.24, 2.45) is 0 Å². The van der Waals surface area contributed by atoms with Crippen molar-refractivity contribution in [2.75, 3.05) is 0 Å². The zero-order chi connectivity index (χ0) is 12.4. The first kappa shape index (κ1) is 14.6. The van der Waals surface area contributed by atoms with E-state index in [4.69, 9.17) is 0 Å². The molecule has 1 heterocycles. The smallest absolute Gasteiger partial charge is 0.116 e. The number of rotatable bonds is 0. The largest absolute Gasteiger partial charge is 0.244 e. The van der Waals surface area contributed by atoms with E-state index in [0.29, 0.717) is 0 Å².